The van der Waals surface area contributed by atoms with E-state index in [1.165, 1.54) is 18.2 Å². The molecule has 0 unspecified atom stereocenters. The lowest BCUT2D eigenvalue weighted by Crippen LogP contribution is -2.19. The van der Waals surface area contributed by atoms with Crippen LogP contribution >= 0.6 is 0 Å². The Morgan fingerprint density at radius 1 is 0.977 bits per heavy atom. The molecule has 5 aromatic rings. The molecule has 2 aromatic carbocycles. The number of carbonyl (C=O) groups is 1. The van der Waals surface area contributed by atoms with Crippen molar-refractivity contribution in [1.29, 1.82) is 0 Å². The molecular formula is C33H30F2N4O4. The highest BCUT2D eigenvalue weighted by Gasteiger charge is 2.43. The number of rotatable bonds is 11. The second kappa shape index (κ2) is 11.5. The average molecular weight is 585 g/mol. The van der Waals surface area contributed by atoms with Crippen molar-refractivity contribution in [3.8, 4) is 17.1 Å². The molecule has 220 valence electrons. The molecule has 0 spiro atoms. The molecule has 10 heteroatoms. The van der Waals surface area contributed by atoms with Gasteiger partial charge in [-0.05, 0) is 61.2 Å². The maximum Gasteiger partial charge on any atom is 0.354 e. The summed E-state index contributed by atoms with van der Waals surface area (Å²) in [5, 5.41) is 9.49. The van der Waals surface area contributed by atoms with Crippen LogP contribution < -0.4 is 4.74 Å². The monoisotopic (exact) mass is 584 g/mol. The topological polar surface area (TPSA) is 99.4 Å². The molecule has 0 aliphatic heterocycles. The van der Waals surface area contributed by atoms with Crippen molar-refractivity contribution in [2.24, 2.45) is 5.41 Å². The quantitative estimate of drug-likeness (QED) is 0.193. The first-order valence-electron chi connectivity index (χ1n) is 14.0. The first kappa shape index (κ1) is 28.4. The standard InChI is InChI=1S/C33H30F2N4O4/c1-20-6-7-23(24(34)14-20)17-43-30-5-3-4-26(37-30)22-9-8-21(25(35)15-22)16-29-36-27-10-11-28(32(40)41)38-31(27)39(29)18-33(12-13-33)19-42-2/h3-11,14-15H,12-13,16-19H2,1-2H3,(H,40,41). The Bertz CT molecular complexity index is 1830. The van der Waals surface area contributed by atoms with E-state index in [1.54, 1.807) is 49.6 Å². The molecule has 6 rings (SSSR count). The Kier molecular flexibility index (Phi) is 7.62. The molecule has 0 amide bonds. The second-order valence-corrected chi connectivity index (χ2v) is 11.1. The number of hydrogen-bond donors (Lipinski definition) is 1. The van der Waals surface area contributed by atoms with Gasteiger partial charge in [0.1, 0.15) is 29.6 Å². The van der Waals surface area contributed by atoms with Crippen molar-refractivity contribution in [1.82, 2.24) is 19.5 Å². The van der Waals surface area contributed by atoms with Crippen LogP contribution in [0.2, 0.25) is 0 Å². The van der Waals surface area contributed by atoms with Crippen molar-refractivity contribution in [2.75, 3.05) is 13.7 Å². The highest BCUT2D eigenvalue weighted by molar-refractivity contribution is 5.88. The van der Waals surface area contributed by atoms with Gasteiger partial charge in [0.05, 0.1) is 12.3 Å². The molecule has 0 saturated heterocycles. The number of methoxy groups -OCH3 is 1. The van der Waals surface area contributed by atoms with Crippen LogP contribution in [0.15, 0.2) is 66.7 Å². The fraction of sp³-hybridized carbons (Fsp3) is 0.273. The average Bonchev–Trinajstić information content (AvgIpc) is 3.67. The van der Waals surface area contributed by atoms with Crippen molar-refractivity contribution < 1.29 is 28.2 Å². The van der Waals surface area contributed by atoms with E-state index in [0.717, 1.165) is 18.4 Å². The van der Waals surface area contributed by atoms with E-state index in [2.05, 4.69) is 9.97 Å². The summed E-state index contributed by atoms with van der Waals surface area (Å²) in [6, 6.07) is 18.1. The molecule has 1 fully saturated rings. The first-order valence-corrected chi connectivity index (χ1v) is 14.0. The number of hydrogen-bond acceptors (Lipinski definition) is 6. The summed E-state index contributed by atoms with van der Waals surface area (Å²) in [4.78, 5) is 25.2. The molecular weight excluding hydrogens is 554 g/mol. The van der Waals surface area contributed by atoms with Gasteiger partial charge in [-0.2, -0.15) is 0 Å². The zero-order chi connectivity index (χ0) is 30.1. The van der Waals surface area contributed by atoms with Crippen LogP contribution in [-0.2, 0) is 24.3 Å². The largest absolute Gasteiger partial charge is 0.477 e. The van der Waals surface area contributed by atoms with Crippen LogP contribution in [0.4, 0.5) is 8.78 Å². The van der Waals surface area contributed by atoms with Crippen LogP contribution in [0.5, 0.6) is 5.88 Å². The summed E-state index contributed by atoms with van der Waals surface area (Å²) in [5.41, 5.74) is 3.61. The number of halogens is 2. The summed E-state index contributed by atoms with van der Waals surface area (Å²) < 4.78 is 42.8. The third-order valence-electron chi connectivity index (χ3n) is 7.80. The van der Waals surface area contributed by atoms with Crippen molar-refractivity contribution in [3.63, 3.8) is 0 Å². The molecule has 0 atom stereocenters. The minimum atomic E-state index is -1.12. The van der Waals surface area contributed by atoms with Crippen LogP contribution in [0, 0.1) is 24.0 Å². The predicted molar refractivity (Wildman–Crippen MR) is 156 cm³/mol. The minimum absolute atomic E-state index is 0.0192. The predicted octanol–water partition coefficient (Wildman–Crippen LogP) is 6.37. The Morgan fingerprint density at radius 2 is 1.77 bits per heavy atom. The number of pyridine rings is 2. The van der Waals surface area contributed by atoms with Crippen molar-refractivity contribution in [2.45, 2.75) is 39.3 Å². The zero-order valence-electron chi connectivity index (χ0n) is 23.8. The molecule has 8 nitrogen and oxygen atoms in total. The van der Waals surface area contributed by atoms with E-state index >= 15 is 4.39 Å². The van der Waals surface area contributed by atoms with E-state index in [1.807, 2.05) is 17.6 Å². The van der Waals surface area contributed by atoms with E-state index in [9.17, 15) is 14.3 Å². The third kappa shape index (κ3) is 6.10. The van der Waals surface area contributed by atoms with E-state index in [-0.39, 0.29) is 30.0 Å². The summed E-state index contributed by atoms with van der Waals surface area (Å²) >= 11 is 0. The minimum Gasteiger partial charge on any atom is -0.477 e. The van der Waals surface area contributed by atoms with Crippen LogP contribution in [-0.4, -0.2) is 44.3 Å². The Labute approximate surface area is 247 Å². The lowest BCUT2D eigenvalue weighted by atomic mass is 10.0. The summed E-state index contributed by atoms with van der Waals surface area (Å²) in [7, 11) is 1.66. The van der Waals surface area contributed by atoms with Gasteiger partial charge in [-0.1, -0.05) is 30.3 Å². The number of nitrogens with zero attached hydrogens (tertiary/aromatic N) is 4. The smallest absolute Gasteiger partial charge is 0.354 e. The first-order chi connectivity index (χ1) is 20.7. The van der Waals surface area contributed by atoms with Crippen molar-refractivity contribution >= 4 is 17.1 Å². The molecule has 3 aromatic heterocycles. The molecule has 3 heterocycles. The molecule has 1 N–H and O–H groups in total. The van der Waals surface area contributed by atoms with E-state index < -0.39 is 11.8 Å². The number of imidazole rings is 1. The molecule has 0 bridgehead atoms. The fourth-order valence-corrected chi connectivity index (χ4v) is 5.23. The highest BCUT2D eigenvalue weighted by Crippen LogP contribution is 2.48. The van der Waals surface area contributed by atoms with Crippen LogP contribution in [0.1, 0.15) is 45.8 Å². The number of aryl methyl sites for hydroxylation is 1. The van der Waals surface area contributed by atoms with Crippen LogP contribution in [0.25, 0.3) is 22.4 Å². The third-order valence-corrected chi connectivity index (χ3v) is 7.80. The van der Waals surface area contributed by atoms with Gasteiger partial charge in [-0.3, -0.25) is 0 Å². The zero-order valence-corrected chi connectivity index (χ0v) is 23.8. The number of carboxylic acid groups (broad SMARTS) is 1. The SMILES string of the molecule is COCC1(Cn2c(Cc3ccc(-c4cccc(OCc5ccc(C)cc5F)n4)cc3F)nc3ccc(C(=O)O)nc32)CC1. The maximum atomic E-state index is 15.5. The molecule has 43 heavy (non-hydrogen) atoms. The van der Waals surface area contributed by atoms with Gasteiger partial charge in [0.2, 0.25) is 5.88 Å². The van der Waals surface area contributed by atoms with Gasteiger partial charge < -0.3 is 19.1 Å². The second-order valence-electron chi connectivity index (χ2n) is 11.1. The lowest BCUT2D eigenvalue weighted by Gasteiger charge is -2.17. The number of aromatic nitrogens is 4. The van der Waals surface area contributed by atoms with Gasteiger partial charge in [0, 0.05) is 42.7 Å². The number of carboxylic acids is 1. The molecule has 1 aliphatic rings. The molecule has 0 radical (unpaired) electrons. The van der Waals surface area contributed by atoms with Gasteiger partial charge >= 0.3 is 5.97 Å². The van der Waals surface area contributed by atoms with Gasteiger partial charge in [0.25, 0.3) is 0 Å². The van der Waals surface area contributed by atoms with Crippen molar-refractivity contribution in [3.05, 3.63) is 107 Å². The summed E-state index contributed by atoms with van der Waals surface area (Å²) in [6.07, 6.45) is 2.13. The number of benzene rings is 2. The Balaban J connectivity index is 1.25. The van der Waals surface area contributed by atoms with Crippen LogP contribution in [0.3, 0.4) is 0 Å². The number of ether oxygens (including phenoxy) is 2. The Hall–Kier alpha value is -4.70. The summed E-state index contributed by atoms with van der Waals surface area (Å²) in [6.45, 7) is 2.94. The van der Waals surface area contributed by atoms with Gasteiger partial charge in [-0.15, -0.1) is 0 Å². The van der Waals surface area contributed by atoms with Gasteiger partial charge in [-0.25, -0.2) is 28.5 Å². The normalized spacial score (nSPS) is 13.8. The summed E-state index contributed by atoms with van der Waals surface area (Å²) in [5.74, 6) is -0.999. The molecule has 1 saturated carbocycles. The Morgan fingerprint density at radius 3 is 2.49 bits per heavy atom. The van der Waals surface area contributed by atoms with E-state index in [0.29, 0.717) is 58.4 Å². The maximum absolute atomic E-state index is 15.5. The highest BCUT2D eigenvalue weighted by atomic mass is 19.1. The molecule has 1 aliphatic carbocycles. The lowest BCUT2D eigenvalue weighted by molar-refractivity contribution is 0.0690. The number of aromatic carboxylic acids is 1. The van der Waals surface area contributed by atoms with E-state index in [4.69, 9.17) is 14.5 Å². The van der Waals surface area contributed by atoms with Gasteiger partial charge in [0.15, 0.2) is 11.3 Å². The fourth-order valence-electron chi connectivity index (χ4n) is 5.23. The number of fused-ring (bicyclic) bond motifs is 1.